The van der Waals surface area contributed by atoms with Crippen molar-refractivity contribution in [3.8, 4) is 0 Å². The normalized spacial score (nSPS) is 28.4. The summed E-state index contributed by atoms with van der Waals surface area (Å²) in [6, 6.07) is 0.817. The molecule has 2 unspecified atom stereocenters. The zero-order chi connectivity index (χ0) is 11.5. The fourth-order valence-corrected chi connectivity index (χ4v) is 2.96. The van der Waals surface area contributed by atoms with Crippen molar-refractivity contribution >= 4 is 15.9 Å². The minimum Gasteiger partial charge on any atom is -0.303 e. The Morgan fingerprint density at radius 3 is 2.40 bits per heavy atom. The van der Waals surface area contributed by atoms with E-state index in [0.29, 0.717) is 5.41 Å². The molecule has 0 amide bonds. The first-order valence-electron chi connectivity index (χ1n) is 6.22. The van der Waals surface area contributed by atoms with Gasteiger partial charge in [0.2, 0.25) is 0 Å². The van der Waals surface area contributed by atoms with Gasteiger partial charge in [-0.3, -0.25) is 0 Å². The molecular weight excluding hydrogens is 250 g/mol. The van der Waals surface area contributed by atoms with Gasteiger partial charge in [-0.2, -0.15) is 0 Å². The summed E-state index contributed by atoms with van der Waals surface area (Å²) in [5.41, 5.74) is 0.395. The second-order valence-corrected chi connectivity index (χ2v) is 6.60. The average Bonchev–Trinajstić information content (AvgIpc) is 2.17. The minimum atomic E-state index is 0.395. The van der Waals surface area contributed by atoms with Gasteiger partial charge < -0.3 is 4.90 Å². The Morgan fingerprint density at radius 1 is 1.27 bits per heavy atom. The standard InChI is InChI=1S/C13H26BrN/c1-11-7-5-6-8-12(11)15(4)10-13(2,3)9-14/h11-12H,5-10H2,1-4H3. The highest BCUT2D eigenvalue weighted by Crippen LogP contribution is 2.29. The third kappa shape index (κ3) is 4.07. The Morgan fingerprint density at radius 2 is 1.87 bits per heavy atom. The molecule has 1 rings (SSSR count). The summed E-state index contributed by atoms with van der Waals surface area (Å²) in [6.45, 7) is 8.30. The van der Waals surface area contributed by atoms with Crippen LogP contribution in [-0.2, 0) is 0 Å². The van der Waals surface area contributed by atoms with E-state index in [1.54, 1.807) is 0 Å². The molecule has 0 saturated heterocycles. The molecule has 0 N–H and O–H groups in total. The van der Waals surface area contributed by atoms with E-state index in [-0.39, 0.29) is 0 Å². The molecule has 0 heterocycles. The number of rotatable bonds is 4. The summed E-state index contributed by atoms with van der Waals surface area (Å²) >= 11 is 3.61. The first kappa shape index (κ1) is 13.5. The largest absolute Gasteiger partial charge is 0.303 e. The Kier molecular flexibility index (Phi) is 5.11. The molecule has 0 aliphatic heterocycles. The van der Waals surface area contributed by atoms with Crippen molar-refractivity contribution in [1.82, 2.24) is 4.90 Å². The molecule has 0 aromatic carbocycles. The predicted molar refractivity (Wildman–Crippen MR) is 71.6 cm³/mol. The summed E-state index contributed by atoms with van der Waals surface area (Å²) in [7, 11) is 2.30. The van der Waals surface area contributed by atoms with Gasteiger partial charge in [-0.1, -0.05) is 49.5 Å². The van der Waals surface area contributed by atoms with Gasteiger partial charge in [-0.25, -0.2) is 0 Å². The summed E-state index contributed by atoms with van der Waals surface area (Å²) in [6.07, 6.45) is 5.68. The minimum absolute atomic E-state index is 0.395. The van der Waals surface area contributed by atoms with Gasteiger partial charge >= 0.3 is 0 Å². The highest BCUT2D eigenvalue weighted by molar-refractivity contribution is 9.09. The lowest BCUT2D eigenvalue weighted by molar-refractivity contribution is 0.105. The Bertz CT molecular complexity index is 191. The number of halogens is 1. The quantitative estimate of drug-likeness (QED) is 0.703. The number of hydrogen-bond acceptors (Lipinski definition) is 1. The van der Waals surface area contributed by atoms with E-state index >= 15 is 0 Å². The van der Waals surface area contributed by atoms with E-state index in [2.05, 4.69) is 48.6 Å². The molecule has 0 aromatic rings. The molecule has 1 saturated carbocycles. The van der Waals surface area contributed by atoms with Crippen molar-refractivity contribution < 1.29 is 0 Å². The molecule has 1 nitrogen and oxygen atoms in total. The molecule has 1 aliphatic carbocycles. The molecule has 2 atom stereocenters. The zero-order valence-electron chi connectivity index (χ0n) is 10.7. The summed E-state index contributed by atoms with van der Waals surface area (Å²) in [4.78, 5) is 2.59. The summed E-state index contributed by atoms with van der Waals surface area (Å²) in [5, 5.41) is 1.09. The maximum atomic E-state index is 3.61. The van der Waals surface area contributed by atoms with Gasteiger partial charge in [-0.15, -0.1) is 0 Å². The van der Waals surface area contributed by atoms with E-state index in [1.807, 2.05) is 0 Å². The Hall–Kier alpha value is 0.440. The van der Waals surface area contributed by atoms with Gasteiger partial charge in [-0.05, 0) is 31.2 Å². The first-order chi connectivity index (χ1) is 6.96. The van der Waals surface area contributed by atoms with Gasteiger partial charge in [0.05, 0.1) is 0 Å². The monoisotopic (exact) mass is 275 g/mol. The van der Waals surface area contributed by atoms with Gasteiger partial charge in [0.15, 0.2) is 0 Å². The van der Waals surface area contributed by atoms with Crippen molar-refractivity contribution in [2.75, 3.05) is 18.9 Å². The molecule has 2 heteroatoms. The van der Waals surface area contributed by atoms with Gasteiger partial charge in [0.1, 0.15) is 0 Å². The SMILES string of the molecule is CC1CCCCC1N(C)CC(C)(C)CBr. The molecule has 0 radical (unpaired) electrons. The first-order valence-corrected chi connectivity index (χ1v) is 7.34. The van der Waals surface area contributed by atoms with Crippen LogP contribution in [0.1, 0.15) is 46.5 Å². The van der Waals surface area contributed by atoms with Crippen LogP contribution in [0.4, 0.5) is 0 Å². The molecule has 0 aromatic heterocycles. The molecule has 1 fully saturated rings. The van der Waals surface area contributed by atoms with Crippen LogP contribution in [0.3, 0.4) is 0 Å². The van der Waals surface area contributed by atoms with Crippen LogP contribution < -0.4 is 0 Å². The fraction of sp³-hybridized carbons (Fsp3) is 1.00. The number of nitrogens with zero attached hydrogens (tertiary/aromatic N) is 1. The summed E-state index contributed by atoms with van der Waals surface area (Å²) in [5.74, 6) is 0.884. The second-order valence-electron chi connectivity index (χ2n) is 6.04. The van der Waals surface area contributed by atoms with E-state index in [0.717, 1.165) is 17.3 Å². The van der Waals surface area contributed by atoms with E-state index < -0.39 is 0 Å². The van der Waals surface area contributed by atoms with E-state index in [1.165, 1.54) is 32.2 Å². The maximum Gasteiger partial charge on any atom is 0.0118 e. The molecule has 90 valence electrons. The van der Waals surface area contributed by atoms with E-state index in [9.17, 15) is 0 Å². The van der Waals surface area contributed by atoms with Crippen molar-refractivity contribution in [2.24, 2.45) is 11.3 Å². The highest BCUT2D eigenvalue weighted by atomic mass is 79.9. The van der Waals surface area contributed by atoms with Crippen LogP contribution in [0.5, 0.6) is 0 Å². The molecule has 15 heavy (non-hydrogen) atoms. The lowest BCUT2D eigenvalue weighted by Gasteiger charge is -2.39. The third-order valence-electron chi connectivity index (χ3n) is 3.67. The number of alkyl halides is 1. The molecule has 0 bridgehead atoms. The fourth-order valence-electron chi connectivity index (χ4n) is 2.79. The topological polar surface area (TPSA) is 3.24 Å². The molecular formula is C13H26BrN. The molecule has 0 spiro atoms. The van der Waals surface area contributed by atoms with Gasteiger partial charge in [0.25, 0.3) is 0 Å². The lowest BCUT2D eigenvalue weighted by atomic mass is 9.84. The predicted octanol–water partition coefficient (Wildman–Crippen LogP) is 3.92. The lowest BCUT2D eigenvalue weighted by Crippen LogP contribution is -2.43. The van der Waals surface area contributed by atoms with Crippen molar-refractivity contribution in [3.63, 3.8) is 0 Å². The van der Waals surface area contributed by atoms with Crippen LogP contribution in [0, 0.1) is 11.3 Å². The molecule has 1 aliphatic rings. The zero-order valence-corrected chi connectivity index (χ0v) is 12.3. The van der Waals surface area contributed by atoms with Gasteiger partial charge in [0, 0.05) is 17.9 Å². The average molecular weight is 276 g/mol. The Balaban J connectivity index is 2.48. The van der Waals surface area contributed by atoms with Crippen LogP contribution in [0.15, 0.2) is 0 Å². The third-order valence-corrected chi connectivity index (χ3v) is 5.19. The number of hydrogen-bond donors (Lipinski definition) is 0. The second kappa shape index (κ2) is 5.67. The van der Waals surface area contributed by atoms with Crippen LogP contribution in [0.25, 0.3) is 0 Å². The van der Waals surface area contributed by atoms with Crippen LogP contribution in [-0.4, -0.2) is 29.9 Å². The van der Waals surface area contributed by atoms with Crippen LogP contribution >= 0.6 is 15.9 Å². The summed E-state index contributed by atoms with van der Waals surface area (Å²) < 4.78 is 0. The van der Waals surface area contributed by atoms with Crippen molar-refractivity contribution in [3.05, 3.63) is 0 Å². The highest BCUT2D eigenvalue weighted by Gasteiger charge is 2.28. The Labute approximate surface area is 104 Å². The smallest absolute Gasteiger partial charge is 0.0118 e. The van der Waals surface area contributed by atoms with Crippen molar-refractivity contribution in [1.29, 1.82) is 0 Å². The van der Waals surface area contributed by atoms with Crippen LogP contribution in [0.2, 0.25) is 0 Å². The van der Waals surface area contributed by atoms with E-state index in [4.69, 9.17) is 0 Å². The maximum absolute atomic E-state index is 3.61. The van der Waals surface area contributed by atoms with Crippen molar-refractivity contribution in [2.45, 2.75) is 52.5 Å².